The second-order valence-electron chi connectivity index (χ2n) is 6.35. The zero-order chi connectivity index (χ0) is 14.8. The van der Waals surface area contributed by atoms with E-state index >= 15 is 0 Å². The van der Waals surface area contributed by atoms with Crippen molar-refractivity contribution in [3.63, 3.8) is 0 Å². The minimum absolute atomic E-state index is 0.269. The van der Waals surface area contributed by atoms with Crippen LogP contribution in [0.1, 0.15) is 36.3 Å². The molecule has 1 aliphatic heterocycles. The molecular weight excluding hydrogens is 268 g/mol. The third kappa shape index (κ3) is 4.01. The fourth-order valence-corrected chi connectivity index (χ4v) is 3.73. The lowest BCUT2D eigenvalue weighted by molar-refractivity contribution is 0.155. The van der Waals surface area contributed by atoms with Crippen LogP contribution in [0.3, 0.4) is 0 Å². The molecule has 1 aliphatic rings. The first-order valence-corrected chi connectivity index (χ1v) is 8.40. The van der Waals surface area contributed by atoms with E-state index in [1.165, 1.54) is 41.8 Å². The zero-order valence-electron chi connectivity index (χ0n) is 13.3. The molecule has 0 aromatic carbocycles. The number of nitrogens with two attached hydrogens (primary N) is 1. The fraction of sp³-hybridized carbons (Fsp3) is 0.800. The summed E-state index contributed by atoms with van der Waals surface area (Å²) in [7, 11) is 2.20. The number of rotatable bonds is 5. The molecule has 0 saturated carbocycles. The van der Waals surface area contributed by atoms with Gasteiger partial charge in [0.05, 0.1) is 10.7 Å². The van der Waals surface area contributed by atoms with Crippen LogP contribution in [0.15, 0.2) is 0 Å². The minimum atomic E-state index is -0.269. The summed E-state index contributed by atoms with van der Waals surface area (Å²) >= 11 is 1.81. The Labute approximate surface area is 127 Å². The highest BCUT2D eigenvalue weighted by atomic mass is 32.1. The van der Waals surface area contributed by atoms with E-state index in [0.29, 0.717) is 0 Å². The van der Waals surface area contributed by atoms with Gasteiger partial charge in [-0.05, 0) is 27.3 Å². The molecule has 0 atom stereocenters. The molecule has 0 spiro atoms. The van der Waals surface area contributed by atoms with Crippen molar-refractivity contribution in [2.75, 3.05) is 39.8 Å². The summed E-state index contributed by atoms with van der Waals surface area (Å²) < 4.78 is 0. The van der Waals surface area contributed by atoms with Crippen molar-refractivity contribution in [1.82, 2.24) is 14.8 Å². The zero-order valence-corrected chi connectivity index (χ0v) is 14.1. The van der Waals surface area contributed by atoms with E-state index < -0.39 is 0 Å². The van der Waals surface area contributed by atoms with Crippen molar-refractivity contribution in [2.45, 2.75) is 39.2 Å². The summed E-state index contributed by atoms with van der Waals surface area (Å²) in [4.78, 5) is 11.0. The Morgan fingerprint density at radius 3 is 2.40 bits per heavy atom. The molecule has 2 heterocycles. The first kappa shape index (κ1) is 15.9. The summed E-state index contributed by atoms with van der Waals surface area (Å²) in [6, 6.07) is 0. The summed E-state index contributed by atoms with van der Waals surface area (Å²) in [5, 5.41) is 1.24. The van der Waals surface area contributed by atoms with Crippen molar-refractivity contribution in [3.8, 4) is 0 Å². The van der Waals surface area contributed by atoms with Gasteiger partial charge in [-0.25, -0.2) is 4.98 Å². The Kier molecular flexibility index (Phi) is 5.18. The second-order valence-corrected chi connectivity index (χ2v) is 7.44. The third-order valence-electron chi connectivity index (χ3n) is 3.90. The van der Waals surface area contributed by atoms with Crippen LogP contribution < -0.4 is 5.73 Å². The van der Waals surface area contributed by atoms with Gasteiger partial charge >= 0.3 is 0 Å². The topological polar surface area (TPSA) is 45.4 Å². The van der Waals surface area contributed by atoms with E-state index in [-0.39, 0.29) is 5.54 Å². The van der Waals surface area contributed by atoms with Crippen LogP contribution >= 0.6 is 11.3 Å². The molecule has 1 aromatic heterocycles. The molecule has 2 rings (SSSR count). The van der Waals surface area contributed by atoms with Gasteiger partial charge < -0.3 is 15.5 Å². The Bertz CT molecular complexity index is 428. The molecule has 0 unspecified atom stereocenters. The maximum atomic E-state index is 6.26. The molecule has 0 bridgehead atoms. The summed E-state index contributed by atoms with van der Waals surface area (Å²) in [5.41, 5.74) is 7.18. The lowest BCUT2D eigenvalue weighted by Crippen LogP contribution is -2.45. The highest BCUT2D eigenvalue weighted by Crippen LogP contribution is 2.29. The van der Waals surface area contributed by atoms with E-state index in [0.717, 1.165) is 19.4 Å². The molecule has 0 amide bonds. The van der Waals surface area contributed by atoms with Gasteiger partial charge in [-0.1, -0.05) is 6.92 Å². The van der Waals surface area contributed by atoms with Crippen molar-refractivity contribution >= 4 is 11.3 Å². The molecular formula is C15H28N4S. The number of aryl methyl sites for hydroxylation is 1. The van der Waals surface area contributed by atoms with Gasteiger partial charge in [-0.15, -0.1) is 11.3 Å². The van der Waals surface area contributed by atoms with Crippen LogP contribution in [0.5, 0.6) is 0 Å². The molecule has 1 saturated heterocycles. The van der Waals surface area contributed by atoms with Gasteiger partial charge in [0.15, 0.2) is 0 Å². The normalized spacial score (nSPS) is 18.6. The van der Waals surface area contributed by atoms with E-state index in [1.54, 1.807) is 11.3 Å². The van der Waals surface area contributed by atoms with Gasteiger partial charge in [-0.3, -0.25) is 0 Å². The molecule has 4 nitrogen and oxygen atoms in total. The number of likely N-dealkylation sites (N-methyl/N-ethyl adjacent to an activating group) is 1. The summed E-state index contributed by atoms with van der Waals surface area (Å²) in [5.74, 6) is 0. The van der Waals surface area contributed by atoms with E-state index in [1.807, 2.05) is 0 Å². The van der Waals surface area contributed by atoms with Crippen LogP contribution in [-0.2, 0) is 18.4 Å². The van der Waals surface area contributed by atoms with Gasteiger partial charge in [0.1, 0.15) is 0 Å². The highest BCUT2D eigenvalue weighted by Gasteiger charge is 2.23. The second kappa shape index (κ2) is 6.52. The Balaban J connectivity index is 1.95. The number of hydrogen-bond acceptors (Lipinski definition) is 5. The highest BCUT2D eigenvalue weighted by molar-refractivity contribution is 7.11. The average molecular weight is 296 g/mol. The van der Waals surface area contributed by atoms with Crippen LogP contribution in [0.2, 0.25) is 0 Å². The van der Waals surface area contributed by atoms with Crippen molar-refractivity contribution < 1.29 is 0 Å². The van der Waals surface area contributed by atoms with Crippen molar-refractivity contribution in [1.29, 1.82) is 0 Å². The number of piperazine rings is 1. The van der Waals surface area contributed by atoms with Crippen LogP contribution in [0, 0.1) is 0 Å². The third-order valence-corrected chi connectivity index (χ3v) is 5.40. The van der Waals surface area contributed by atoms with Gasteiger partial charge in [0, 0.05) is 49.6 Å². The van der Waals surface area contributed by atoms with Crippen LogP contribution in [-0.4, -0.2) is 54.6 Å². The Morgan fingerprint density at radius 1 is 1.25 bits per heavy atom. The number of hydrogen-bond donors (Lipinski definition) is 1. The first-order chi connectivity index (χ1) is 9.40. The summed E-state index contributed by atoms with van der Waals surface area (Å²) in [6.07, 6.45) is 2.03. The van der Waals surface area contributed by atoms with Crippen LogP contribution in [0.4, 0.5) is 0 Å². The van der Waals surface area contributed by atoms with Crippen LogP contribution in [0.25, 0.3) is 0 Å². The first-order valence-electron chi connectivity index (χ1n) is 7.59. The van der Waals surface area contributed by atoms with Crippen molar-refractivity contribution in [3.05, 3.63) is 15.6 Å². The Morgan fingerprint density at radius 2 is 1.90 bits per heavy atom. The molecule has 0 radical (unpaired) electrons. The largest absolute Gasteiger partial charge is 0.321 e. The summed E-state index contributed by atoms with van der Waals surface area (Å²) in [6.45, 7) is 12.1. The Hall–Kier alpha value is -0.490. The molecule has 114 valence electrons. The number of aromatic nitrogens is 1. The molecule has 1 fully saturated rings. The lowest BCUT2D eigenvalue weighted by Gasteiger charge is -2.32. The van der Waals surface area contributed by atoms with Crippen molar-refractivity contribution in [2.24, 2.45) is 5.73 Å². The van der Waals surface area contributed by atoms with Gasteiger partial charge in [0.25, 0.3) is 0 Å². The maximum absolute atomic E-state index is 6.26. The molecule has 20 heavy (non-hydrogen) atoms. The lowest BCUT2D eigenvalue weighted by atomic mass is 10.0. The number of nitrogens with zero attached hydrogens (tertiary/aromatic N) is 3. The monoisotopic (exact) mass is 296 g/mol. The maximum Gasteiger partial charge on any atom is 0.0944 e. The predicted octanol–water partition coefficient (Wildman–Crippen LogP) is 1.69. The quantitative estimate of drug-likeness (QED) is 0.898. The van der Waals surface area contributed by atoms with E-state index in [9.17, 15) is 0 Å². The predicted molar refractivity (Wildman–Crippen MR) is 86.3 cm³/mol. The van der Waals surface area contributed by atoms with Gasteiger partial charge in [-0.2, -0.15) is 0 Å². The molecule has 1 aromatic rings. The fourth-order valence-electron chi connectivity index (χ4n) is 2.58. The smallest absolute Gasteiger partial charge is 0.0944 e. The molecule has 0 aliphatic carbocycles. The molecule has 2 N–H and O–H groups in total. The van der Waals surface area contributed by atoms with Gasteiger partial charge in [0.2, 0.25) is 0 Å². The van der Waals surface area contributed by atoms with E-state index in [2.05, 4.69) is 37.6 Å². The SMILES string of the molecule is CCc1nc(CCN2CCN(C)CC2)sc1C(C)(C)N. The standard InChI is InChI=1S/C15H28N4S/c1-5-12-14(15(2,3)16)20-13(17-12)6-7-19-10-8-18(4)9-11-19/h5-11,16H2,1-4H3. The molecule has 5 heteroatoms. The minimum Gasteiger partial charge on any atom is -0.321 e. The van der Waals surface area contributed by atoms with E-state index in [4.69, 9.17) is 10.7 Å². The average Bonchev–Trinajstić information content (AvgIpc) is 2.81. The number of thiazole rings is 1.